The van der Waals surface area contributed by atoms with Gasteiger partial charge in [-0.1, -0.05) is 32.0 Å². The number of hydrazine groups is 1. The average Bonchev–Trinajstić information content (AvgIpc) is 2.26. The van der Waals surface area contributed by atoms with E-state index < -0.39 is 11.7 Å². The van der Waals surface area contributed by atoms with Crippen molar-refractivity contribution in [3.05, 3.63) is 30.3 Å². The Morgan fingerprint density at radius 1 is 1.13 bits per heavy atom. The maximum atomic E-state index is 11.2. The summed E-state index contributed by atoms with van der Waals surface area (Å²) in [6, 6.07) is 9.12. The molecular formula is C11H14N2O2. The molecule has 0 aliphatic rings. The van der Waals surface area contributed by atoms with E-state index in [1.54, 1.807) is 26.0 Å². The number of nitrogens with one attached hydrogen (secondary N) is 2. The number of rotatable bonds is 4. The second kappa shape index (κ2) is 5.14. The largest absolute Gasteiger partial charge is 0.305 e. The highest BCUT2D eigenvalue weighted by Crippen LogP contribution is 2.02. The molecule has 0 heterocycles. The van der Waals surface area contributed by atoms with E-state index in [9.17, 15) is 9.59 Å². The van der Waals surface area contributed by atoms with Gasteiger partial charge in [0.1, 0.15) is 0 Å². The highest BCUT2D eigenvalue weighted by atomic mass is 16.2. The number of hydrogen-bond acceptors (Lipinski definition) is 3. The SMILES string of the molecule is CC(C)C(=O)C(=O)NNc1ccccc1. The summed E-state index contributed by atoms with van der Waals surface area (Å²) in [6.45, 7) is 3.37. The molecule has 0 unspecified atom stereocenters. The van der Waals surface area contributed by atoms with Crippen molar-refractivity contribution in [2.24, 2.45) is 5.92 Å². The molecule has 1 amide bonds. The molecule has 1 rings (SSSR count). The van der Waals surface area contributed by atoms with E-state index in [1.807, 2.05) is 18.2 Å². The molecule has 0 saturated carbocycles. The van der Waals surface area contributed by atoms with Gasteiger partial charge in [-0.05, 0) is 12.1 Å². The monoisotopic (exact) mass is 206 g/mol. The standard InChI is InChI=1S/C11H14N2O2/c1-8(2)10(14)11(15)13-12-9-6-4-3-5-7-9/h3-8,12H,1-2H3,(H,13,15). The van der Waals surface area contributed by atoms with Crippen LogP contribution in [0.3, 0.4) is 0 Å². The minimum atomic E-state index is -0.617. The van der Waals surface area contributed by atoms with E-state index in [2.05, 4.69) is 10.9 Å². The van der Waals surface area contributed by atoms with Crippen molar-refractivity contribution in [3.63, 3.8) is 0 Å². The summed E-state index contributed by atoms with van der Waals surface area (Å²) in [6.07, 6.45) is 0. The number of Topliss-reactive ketones (excluding diaryl/α,β-unsaturated/α-hetero) is 1. The molecular weight excluding hydrogens is 192 g/mol. The Morgan fingerprint density at radius 2 is 1.73 bits per heavy atom. The van der Waals surface area contributed by atoms with Gasteiger partial charge in [0.05, 0.1) is 5.69 Å². The number of anilines is 1. The predicted octanol–water partition coefficient (Wildman–Crippen LogP) is 1.35. The summed E-state index contributed by atoms with van der Waals surface area (Å²) >= 11 is 0. The number of benzene rings is 1. The van der Waals surface area contributed by atoms with Gasteiger partial charge in [0, 0.05) is 5.92 Å². The first-order valence-corrected chi connectivity index (χ1v) is 4.76. The molecule has 1 aromatic carbocycles. The fraction of sp³-hybridized carbons (Fsp3) is 0.273. The van der Waals surface area contributed by atoms with Crippen LogP contribution in [0.1, 0.15) is 13.8 Å². The number of amides is 1. The molecule has 4 nitrogen and oxygen atoms in total. The molecule has 15 heavy (non-hydrogen) atoms. The summed E-state index contributed by atoms with van der Waals surface area (Å²) in [4.78, 5) is 22.4. The van der Waals surface area contributed by atoms with Crippen molar-refractivity contribution in [2.45, 2.75) is 13.8 Å². The molecule has 0 radical (unpaired) electrons. The molecule has 80 valence electrons. The number of ketones is 1. The molecule has 0 bridgehead atoms. The summed E-state index contributed by atoms with van der Waals surface area (Å²) in [5.74, 6) is -1.34. The molecule has 0 fully saturated rings. The minimum Gasteiger partial charge on any atom is -0.298 e. The molecule has 0 saturated heterocycles. The van der Waals surface area contributed by atoms with Crippen LogP contribution in [0.4, 0.5) is 5.69 Å². The van der Waals surface area contributed by atoms with Crippen LogP contribution in [0, 0.1) is 5.92 Å². The lowest BCUT2D eigenvalue weighted by atomic mass is 10.1. The highest BCUT2D eigenvalue weighted by Gasteiger charge is 2.16. The Hall–Kier alpha value is -1.84. The number of hydrogen-bond donors (Lipinski definition) is 2. The summed E-state index contributed by atoms with van der Waals surface area (Å²) < 4.78 is 0. The maximum Gasteiger partial charge on any atom is 0.305 e. The van der Waals surface area contributed by atoms with Gasteiger partial charge in [-0.15, -0.1) is 0 Å². The zero-order valence-electron chi connectivity index (χ0n) is 8.78. The highest BCUT2D eigenvalue weighted by molar-refractivity contribution is 6.36. The van der Waals surface area contributed by atoms with Crippen LogP contribution in [0.15, 0.2) is 30.3 Å². The number of para-hydroxylation sites is 1. The Balaban J connectivity index is 2.45. The second-order valence-corrected chi connectivity index (χ2v) is 3.46. The van der Waals surface area contributed by atoms with Crippen LogP contribution in [0.5, 0.6) is 0 Å². The Labute approximate surface area is 88.6 Å². The molecule has 0 aromatic heterocycles. The molecule has 4 heteroatoms. The first kappa shape index (κ1) is 11.2. The van der Waals surface area contributed by atoms with E-state index in [0.717, 1.165) is 5.69 Å². The molecule has 1 aromatic rings. The van der Waals surface area contributed by atoms with Gasteiger partial charge in [0.2, 0.25) is 5.78 Å². The maximum absolute atomic E-state index is 11.2. The van der Waals surface area contributed by atoms with Gasteiger partial charge in [-0.25, -0.2) is 0 Å². The molecule has 0 aliphatic carbocycles. The van der Waals surface area contributed by atoms with Crippen molar-refractivity contribution in [1.82, 2.24) is 5.43 Å². The van der Waals surface area contributed by atoms with Gasteiger partial charge < -0.3 is 0 Å². The van der Waals surface area contributed by atoms with Gasteiger partial charge in [0.15, 0.2) is 0 Å². The lowest BCUT2D eigenvalue weighted by molar-refractivity contribution is -0.139. The zero-order valence-corrected chi connectivity index (χ0v) is 8.78. The van der Waals surface area contributed by atoms with Crippen LogP contribution >= 0.6 is 0 Å². The Morgan fingerprint density at radius 3 is 2.27 bits per heavy atom. The Bertz CT molecular complexity index is 347. The number of carbonyl (C=O) groups excluding carboxylic acids is 2. The lowest BCUT2D eigenvalue weighted by Crippen LogP contribution is -2.37. The van der Waals surface area contributed by atoms with Crippen molar-refractivity contribution in [2.75, 3.05) is 5.43 Å². The molecule has 0 atom stereocenters. The number of carbonyl (C=O) groups is 2. The van der Waals surface area contributed by atoms with Crippen LogP contribution < -0.4 is 10.9 Å². The van der Waals surface area contributed by atoms with Crippen molar-refractivity contribution in [1.29, 1.82) is 0 Å². The van der Waals surface area contributed by atoms with Crippen molar-refractivity contribution < 1.29 is 9.59 Å². The average molecular weight is 206 g/mol. The summed E-state index contributed by atoms with van der Waals surface area (Å²) in [5, 5.41) is 0. The zero-order chi connectivity index (χ0) is 11.3. The quantitative estimate of drug-likeness (QED) is 0.577. The van der Waals surface area contributed by atoms with Gasteiger partial charge in [-0.3, -0.25) is 20.4 Å². The van der Waals surface area contributed by atoms with E-state index >= 15 is 0 Å². The van der Waals surface area contributed by atoms with Crippen LogP contribution in [-0.4, -0.2) is 11.7 Å². The van der Waals surface area contributed by atoms with Gasteiger partial charge in [0.25, 0.3) is 0 Å². The van der Waals surface area contributed by atoms with E-state index in [1.165, 1.54) is 0 Å². The first-order valence-electron chi connectivity index (χ1n) is 4.76. The van der Waals surface area contributed by atoms with E-state index in [-0.39, 0.29) is 5.92 Å². The van der Waals surface area contributed by atoms with Gasteiger partial charge >= 0.3 is 5.91 Å². The topological polar surface area (TPSA) is 58.2 Å². The normalized spacial score (nSPS) is 9.80. The smallest absolute Gasteiger partial charge is 0.298 e. The lowest BCUT2D eigenvalue weighted by Gasteiger charge is -2.08. The third-order valence-electron chi connectivity index (χ3n) is 1.84. The van der Waals surface area contributed by atoms with Crippen LogP contribution in [0.25, 0.3) is 0 Å². The molecule has 0 spiro atoms. The third-order valence-corrected chi connectivity index (χ3v) is 1.84. The third kappa shape index (κ3) is 3.42. The fourth-order valence-electron chi connectivity index (χ4n) is 0.974. The van der Waals surface area contributed by atoms with Crippen LogP contribution in [0.2, 0.25) is 0 Å². The van der Waals surface area contributed by atoms with Crippen LogP contribution in [-0.2, 0) is 9.59 Å². The molecule has 2 N–H and O–H groups in total. The predicted molar refractivity (Wildman–Crippen MR) is 58.1 cm³/mol. The van der Waals surface area contributed by atoms with Gasteiger partial charge in [-0.2, -0.15) is 0 Å². The second-order valence-electron chi connectivity index (χ2n) is 3.46. The Kier molecular flexibility index (Phi) is 3.85. The minimum absolute atomic E-state index is 0.289. The van der Waals surface area contributed by atoms with Crippen molar-refractivity contribution >= 4 is 17.4 Å². The summed E-state index contributed by atoms with van der Waals surface area (Å²) in [5.41, 5.74) is 5.74. The fourth-order valence-corrected chi connectivity index (χ4v) is 0.974. The van der Waals surface area contributed by atoms with E-state index in [0.29, 0.717) is 0 Å². The molecule has 0 aliphatic heterocycles. The van der Waals surface area contributed by atoms with Crippen molar-refractivity contribution in [3.8, 4) is 0 Å². The van der Waals surface area contributed by atoms with E-state index in [4.69, 9.17) is 0 Å². The first-order chi connectivity index (χ1) is 7.11. The summed E-state index contributed by atoms with van der Waals surface area (Å²) in [7, 11) is 0.